The van der Waals surface area contributed by atoms with Gasteiger partial charge in [-0.15, -0.1) is 5.11 Å². The summed E-state index contributed by atoms with van der Waals surface area (Å²) in [6.45, 7) is 10.6. The molecule has 2 aliphatic rings. The van der Waals surface area contributed by atoms with E-state index < -0.39 is 11.7 Å². The number of azo groups is 1. The number of rotatable bonds is 11. The second-order valence-corrected chi connectivity index (χ2v) is 12.9. The minimum atomic E-state index is -0.584. The van der Waals surface area contributed by atoms with Crippen LogP contribution in [-0.2, 0) is 27.3 Å². The summed E-state index contributed by atoms with van der Waals surface area (Å²) in [5, 5.41) is 17.0. The number of hydrogen-bond acceptors (Lipinski definition) is 8. The molecule has 3 amide bonds. The van der Waals surface area contributed by atoms with Gasteiger partial charge in [-0.05, 0) is 81.4 Å². The number of alkyl carbamates (subject to hydrolysis) is 1. The lowest BCUT2D eigenvalue weighted by molar-refractivity contribution is -0.125. The van der Waals surface area contributed by atoms with Crippen molar-refractivity contribution in [3.05, 3.63) is 112 Å². The van der Waals surface area contributed by atoms with Crippen molar-refractivity contribution in [3.8, 4) is 0 Å². The minimum absolute atomic E-state index is 0.179. The van der Waals surface area contributed by atoms with Crippen LogP contribution in [-0.4, -0.2) is 60.1 Å². The zero-order valence-corrected chi connectivity index (χ0v) is 29.4. The van der Waals surface area contributed by atoms with Crippen molar-refractivity contribution in [1.29, 1.82) is 0 Å². The lowest BCUT2D eigenvalue weighted by atomic mass is 9.92. The number of aliphatic imine (C=N–C) groups is 1. The minimum Gasteiger partial charge on any atom is -0.444 e. The maximum atomic E-state index is 13.6. The fraction of sp³-hybridized carbons (Fsp3) is 0.342. The predicted octanol–water partition coefficient (Wildman–Crippen LogP) is 5.99. The number of nitrogens with one attached hydrogen (secondary N) is 2. The molecule has 0 bridgehead atoms. The fourth-order valence-electron chi connectivity index (χ4n) is 5.40. The van der Waals surface area contributed by atoms with Crippen molar-refractivity contribution in [2.75, 3.05) is 19.6 Å². The molecule has 4 N–H and O–H groups in total. The molecule has 0 fully saturated rings. The molecule has 0 saturated heterocycles. The molecule has 2 heterocycles. The maximum absolute atomic E-state index is 13.6. The standard InChI is InChI=1S/C38H46N8O4/c1-26-23-31(35(47)42-24-29-16-14-28(15-17-29)11-9-20-43-45-27(2)44-39)18-21-40-34-32(33(26)30-12-7-6-8-13-30)25-46(36(34)48)22-10-19-41-37(49)50-38(3,4)5/h6-9,12-17,20-21,23H,10-11,18-19,22,24-25,39H2,1-5H3,(H,41,49)(H,42,47)/b20-9+,31-23?,33-26?,40-21?,44-27-,45-43+. The lowest BCUT2D eigenvalue weighted by Gasteiger charge is -2.21. The van der Waals surface area contributed by atoms with Crippen molar-refractivity contribution >= 4 is 35.5 Å². The van der Waals surface area contributed by atoms with E-state index >= 15 is 0 Å². The van der Waals surface area contributed by atoms with Crippen molar-refractivity contribution < 1.29 is 19.1 Å². The molecule has 0 unspecified atom stereocenters. The maximum Gasteiger partial charge on any atom is 0.407 e. The van der Waals surface area contributed by atoms with Crippen LogP contribution in [0.3, 0.4) is 0 Å². The summed E-state index contributed by atoms with van der Waals surface area (Å²) in [5.74, 6) is 5.15. The van der Waals surface area contributed by atoms with Crippen molar-refractivity contribution in [1.82, 2.24) is 15.5 Å². The summed E-state index contributed by atoms with van der Waals surface area (Å²) in [6, 6.07) is 17.8. The molecule has 0 spiro atoms. The first kappa shape index (κ1) is 37.2. The van der Waals surface area contributed by atoms with Gasteiger partial charge in [-0.25, -0.2) is 4.79 Å². The van der Waals surface area contributed by atoms with E-state index in [4.69, 9.17) is 10.6 Å². The number of allylic oxidation sites excluding steroid dienone is 3. The molecular weight excluding hydrogens is 632 g/mol. The Kier molecular flexibility index (Phi) is 13.1. The van der Waals surface area contributed by atoms with Crippen LogP contribution >= 0.6 is 0 Å². The van der Waals surface area contributed by atoms with Crippen LogP contribution in [0, 0.1) is 0 Å². The van der Waals surface area contributed by atoms with Gasteiger partial charge in [0, 0.05) is 56.2 Å². The molecule has 0 aromatic heterocycles. The van der Waals surface area contributed by atoms with Gasteiger partial charge in [0.1, 0.15) is 11.3 Å². The summed E-state index contributed by atoms with van der Waals surface area (Å²) in [7, 11) is 0. The van der Waals surface area contributed by atoms with Crippen LogP contribution in [0.5, 0.6) is 0 Å². The highest BCUT2D eigenvalue weighted by atomic mass is 16.6. The van der Waals surface area contributed by atoms with Crippen molar-refractivity contribution in [2.24, 2.45) is 26.2 Å². The van der Waals surface area contributed by atoms with Crippen LogP contribution in [0.1, 0.15) is 64.2 Å². The number of carbonyl (C=O) groups is 3. The SMILES string of the molecule is CC1=C(c2ccccc2)C2=C(N=CCC(C(=O)NCc3ccc(C/C=C/N=N/C(C)=N\N)cc3)=C1)C(=O)N(CCCNC(=O)OC(C)(C)C)C2. The lowest BCUT2D eigenvalue weighted by Crippen LogP contribution is -2.35. The first-order valence-electron chi connectivity index (χ1n) is 16.6. The zero-order chi connectivity index (χ0) is 36.1. The van der Waals surface area contributed by atoms with Gasteiger partial charge in [0.25, 0.3) is 5.91 Å². The van der Waals surface area contributed by atoms with Gasteiger partial charge in [-0.1, -0.05) is 60.7 Å². The third kappa shape index (κ3) is 10.9. The number of amides is 3. The number of nitrogens with zero attached hydrogens (tertiary/aromatic N) is 5. The Morgan fingerprint density at radius 3 is 2.48 bits per heavy atom. The molecule has 0 saturated carbocycles. The summed E-state index contributed by atoms with van der Waals surface area (Å²) in [5.41, 5.74) is 5.87. The van der Waals surface area contributed by atoms with Gasteiger partial charge >= 0.3 is 6.09 Å². The Hall–Kier alpha value is -5.65. The van der Waals surface area contributed by atoms with Crippen LogP contribution in [0.2, 0.25) is 0 Å². The number of hydrazone groups is 1. The van der Waals surface area contributed by atoms with E-state index in [1.807, 2.05) is 94.4 Å². The van der Waals surface area contributed by atoms with E-state index in [9.17, 15) is 14.4 Å². The molecule has 0 radical (unpaired) electrons. The highest BCUT2D eigenvalue weighted by molar-refractivity contribution is 6.05. The topological polar surface area (TPSA) is 163 Å². The Balaban J connectivity index is 1.44. The van der Waals surface area contributed by atoms with Gasteiger partial charge in [0.2, 0.25) is 5.91 Å². The van der Waals surface area contributed by atoms with Crippen LogP contribution in [0.4, 0.5) is 4.79 Å². The molecule has 4 rings (SSSR count). The van der Waals surface area contributed by atoms with Crippen LogP contribution < -0.4 is 16.5 Å². The smallest absolute Gasteiger partial charge is 0.407 e. The van der Waals surface area contributed by atoms with Crippen molar-refractivity contribution in [2.45, 2.75) is 66.0 Å². The number of nitrogens with two attached hydrogens (primary N) is 1. The second kappa shape index (κ2) is 17.7. The fourth-order valence-corrected chi connectivity index (χ4v) is 5.40. The van der Waals surface area contributed by atoms with Gasteiger partial charge in [-0.3, -0.25) is 14.6 Å². The first-order valence-corrected chi connectivity index (χ1v) is 16.6. The second-order valence-electron chi connectivity index (χ2n) is 12.9. The Labute approximate surface area is 293 Å². The predicted molar refractivity (Wildman–Crippen MR) is 196 cm³/mol. The molecule has 50 heavy (non-hydrogen) atoms. The van der Waals surface area contributed by atoms with E-state index in [1.165, 1.54) is 0 Å². The highest BCUT2D eigenvalue weighted by Gasteiger charge is 2.33. The number of amidine groups is 1. The molecule has 2 aliphatic heterocycles. The van der Waals surface area contributed by atoms with E-state index in [0.29, 0.717) is 56.1 Å². The Morgan fingerprint density at radius 1 is 1.06 bits per heavy atom. The first-order chi connectivity index (χ1) is 23.9. The van der Waals surface area contributed by atoms with Gasteiger partial charge < -0.3 is 26.1 Å². The quantitative estimate of drug-likeness (QED) is 0.0663. The molecule has 2 aromatic rings. The van der Waals surface area contributed by atoms with Gasteiger partial charge in [-0.2, -0.15) is 10.2 Å². The summed E-state index contributed by atoms with van der Waals surface area (Å²) >= 11 is 0. The summed E-state index contributed by atoms with van der Waals surface area (Å²) in [6.07, 6.45) is 8.02. The van der Waals surface area contributed by atoms with Gasteiger partial charge in [0.05, 0.1) is 0 Å². The molecule has 0 atom stereocenters. The Morgan fingerprint density at radius 2 is 1.78 bits per heavy atom. The third-order valence-electron chi connectivity index (χ3n) is 7.76. The summed E-state index contributed by atoms with van der Waals surface area (Å²) < 4.78 is 5.31. The number of carbonyl (C=O) groups excluding carboxylic acids is 3. The number of ether oxygens (including phenoxy) is 1. The number of benzene rings is 2. The summed E-state index contributed by atoms with van der Waals surface area (Å²) in [4.78, 5) is 45.6. The normalized spacial score (nSPS) is 15.6. The number of hydrogen-bond donors (Lipinski definition) is 3. The zero-order valence-electron chi connectivity index (χ0n) is 29.4. The molecule has 2 aromatic carbocycles. The van der Waals surface area contributed by atoms with Crippen molar-refractivity contribution in [3.63, 3.8) is 0 Å². The molecule has 0 aliphatic carbocycles. The third-order valence-corrected chi connectivity index (χ3v) is 7.76. The van der Waals surface area contributed by atoms with Crippen LogP contribution in [0.15, 0.2) is 116 Å². The van der Waals surface area contributed by atoms with E-state index in [-0.39, 0.29) is 18.2 Å². The molecule has 262 valence electrons. The molecule has 12 heteroatoms. The average molecular weight is 679 g/mol. The van der Waals surface area contributed by atoms with E-state index in [2.05, 4.69) is 31.0 Å². The van der Waals surface area contributed by atoms with E-state index in [1.54, 1.807) is 24.2 Å². The average Bonchev–Trinajstić information content (AvgIpc) is 3.41. The van der Waals surface area contributed by atoms with Gasteiger partial charge in [0.15, 0.2) is 5.84 Å². The molecular formula is C38H46N8O4. The largest absolute Gasteiger partial charge is 0.444 e. The van der Waals surface area contributed by atoms with Crippen LogP contribution in [0.25, 0.3) is 5.57 Å². The molecule has 12 nitrogen and oxygen atoms in total. The highest BCUT2D eigenvalue weighted by Crippen LogP contribution is 2.36. The monoisotopic (exact) mass is 678 g/mol. The Bertz CT molecular complexity index is 1760. The van der Waals surface area contributed by atoms with E-state index in [0.717, 1.165) is 33.4 Å².